The molecule has 0 aliphatic heterocycles. The summed E-state index contributed by atoms with van der Waals surface area (Å²) in [6.07, 6.45) is 1.00. The monoisotopic (exact) mass is 229 g/mol. The predicted molar refractivity (Wildman–Crippen MR) is 56.7 cm³/mol. The fraction of sp³-hybridized carbons (Fsp3) is 0.200. The molecule has 15 heavy (non-hydrogen) atoms. The van der Waals surface area contributed by atoms with Crippen molar-refractivity contribution in [3.63, 3.8) is 0 Å². The van der Waals surface area contributed by atoms with Crippen LogP contribution < -0.4 is 5.32 Å². The van der Waals surface area contributed by atoms with E-state index in [-0.39, 0.29) is 11.4 Å². The lowest BCUT2D eigenvalue weighted by Gasteiger charge is -2.01. The lowest BCUT2D eigenvalue weighted by molar-refractivity contribution is 0.576. The van der Waals surface area contributed by atoms with Crippen molar-refractivity contribution >= 4 is 9.84 Å². The van der Waals surface area contributed by atoms with Gasteiger partial charge in [-0.05, 0) is 25.3 Å². The molecule has 0 atom stereocenters. The van der Waals surface area contributed by atoms with E-state index in [1.165, 1.54) is 12.1 Å². The van der Waals surface area contributed by atoms with Gasteiger partial charge in [-0.3, -0.25) is 0 Å². The molecule has 0 radical (unpaired) electrons. The van der Waals surface area contributed by atoms with E-state index in [4.69, 9.17) is 0 Å². The summed E-state index contributed by atoms with van der Waals surface area (Å²) in [7, 11) is -2.35. The molecule has 1 rings (SSSR count). The first-order chi connectivity index (χ1) is 7.09. The van der Waals surface area contributed by atoms with E-state index < -0.39 is 15.0 Å². The van der Waals surface area contributed by atoms with E-state index in [1.807, 2.05) is 0 Å². The highest BCUT2D eigenvalue weighted by Gasteiger charge is 2.19. The lowest BCUT2D eigenvalue weighted by atomic mass is 10.4. The second-order valence-corrected chi connectivity index (χ2v) is 4.75. The number of likely N-dealkylation sites (N-methyl/N-ethyl adjacent to an activating group) is 1. The Balaban J connectivity index is 3.04. The zero-order chi connectivity index (χ0) is 11.3. The lowest BCUT2D eigenvalue weighted by Crippen LogP contribution is -2.08. The van der Waals surface area contributed by atoms with Gasteiger partial charge in [0.15, 0.2) is 0 Å². The Morgan fingerprint density at radius 2 is 2.00 bits per heavy atom. The molecule has 82 valence electrons. The molecule has 0 aliphatic carbocycles. The van der Waals surface area contributed by atoms with Crippen molar-refractivity contribution in [1.29, 1.82) is 0 Å². The van der Waals surface area contributed by atoms with Gasteiger partial charge in [0.25, 0.3) is 0 Å². The topological polar surface area (TPSA) is 46.2 Å². The van der Waals surface area contributed by atoms with Gasteiger partial charge in [0, 0.05) is 6.54 Å². The van der Waals surface area contributed by atoms with E-state index in [0.717, 1.165) is 6.08 Å². The van der Waals surface area contributed by atoms with Crippen LogP contribution in [0, 0.1) is 0 Å². The molecule has 0 saturated carbocycles. The number of hydrogen-bond donors (Lipinski definition) is 1. The zero-order valence-electron chi connectivity index (χ0n) is 8.27. The highest BCUT2D eigenvalue weighted by atomic mass is 32.2. The Kier molecular flexibility index (Phi) is 3.99. The molecule has 0 saturated heterocycles. The molecule has 0 bridgehead atoms. The van der Waals surface area contributed by atoms with Crippen molar-refractivity contribution < 1.29 is 12.8 Å². The van der Waals surface area contributed by atoms with Crippen LogP contribution in [0.4, 0.5) is 4.39 Å². The van der Waals surface area contributed by atoms with Gasteiger partial charge in [0.1, 0.15) is 0 Å². The summed E-state index contributed by atoms with van der Waals surface area (Å²) < 4.78 is 36.4. The Morgan fingerprint density at radius 1 is 1.40 bits per heavy atom. The van der Waals surface area contributed by atoms with Crippen molar-refractivity contribution in [2.24, 2.45) is 0 Å². The summed E-state index contributed by atoms with van der Waals surface area (Å²) in [6.45, 7) is 0.178. The van der Waals surface area contributed by atoms with Crippen molar-refractivity contribution in [1.82, 2.24) is 5.32 Å². The molecule has 3 nitrogen and oxygen atoms in total. The maximum absolute atomic E-state index is 13.3. The van der Waals surface area contributed by atoms with Crippen LogP contribution >= 0.6 is 0 Å². The van der Waals surface area contributed by atoms with Crippen molar-refractivity contribution in [2.75, 3.05) is 13.6 Å². The molecule has 1 aromatic rings. The number of nitrogens with one attached hydrogen (secondary N) is 1. The normalized spacial score (nSPS) is 12.8. The fourth-order valence-corrected chi connectivity index (χ4v) is 2.05. The molecule has 1 N–H and O–H groups in total. The highest BCUT2D eigenvalue weighted by molar-refractivity contribution is 7.95. The summed E-state index contributed by atoms with van der Waals surface area (Å²) in [5.41, 5.74) is 0. The fourth-order valence-electron chi connectivity index (χ4n) is 1.00. The standard InChI is InChI=1S/C10H12FNO2S/c1-12-8-7-10(11)15(13,14)9-5-3-2-4-6-9/h2-7,12H,8H2,1H3/b10-7+. The Labute approximate surface area is 88.5 Å². The summed E-state index contributed by atoms with van der Waals surface area (Å²) in [5, 5.41) is 1.52. The Hall–Kier alpha value is -1.20. The molecular weight excluding hydrogens is 217 g/mol. The minimum absolute atomic E-state index is 0.0325. The van der Waals surface area contributed by atoms with Crippen LogP contribution in [0.5, 0.6) is 0 Å². The summed E-state index contributed by atoms with van der Waals surface area (Å²) in [4.78, 5) is -0.0325. The number of hydrogen-bond acceptors (Lipinski definition) is 3. The average molecular weight is 229 g/mol. The predicted octanol–water partition coefficient (Wildman–Crippen LogP) is 1.49. The molecular formula is C10H12FNO2S. The van der Waals surface area contributed by atoms with Gasteiger partial charge >= 0.3 is 0 Å². The van der Waals surface area contributed by atoms with Gasteiger partial charge in [-0.25, -0.2) is 8.42 Å². The number of benzene rings is 1. The minimum atomic E-state index is -3.96. The van der Waals surface area contributed by atoms with Gasteiger partial charge in [-0.1, -0.05) is 18.2 Å². The molecule has 0 fully saturated rings. The van der Waals surface area contributed by atoms with Crippen LogP contribution in [0.15, 0.2) is 46.5 Å². The smallest absolute Gasteiger partial charge is 0.233 e. The third kappa shape index (κ3) is 2.87. The SMILES string of the molecule is CNC/C=C(\F)S(=O)(=O)c1ccccc1. The summed E-state index contributed by atoms with van der Waals surface area (Å²) in [6, 6.07) is 7.51. The van der Waals surface area contributed by atoms with Crippen LogP contribution in [0.3, 0.4) is 0 Å². The third-order valence-corrected chi connectivity index (χ3v) is 3.35. The van der Waals surface area contributed by atoms with E-state index >= 15 is 0 Å². The minimum Gasteiger partial charge on any atom is -0.316 e. The van der Waals surface area contributed by atoms with Gasteiger partial charge in [-0.15, -0.1) is 0 Å². The molecule has 0 spiro atoms. The molecule has 0 aliphatic rings. The zero-order valence-corrected chi connectivity index (χ0v) is 9.09. The first-order valence-corrected chi connectivity index (χ1v) is 5.87. The molecule has 0 unspecified atom stereocenters. The number of halogens is 1. The molecule has 0 amide bonds. The van der Waals surface area contributed by atoms with Crippen LogP contribution in [0.1, 0.15) is 0 Å². The van der Waals surface area contributed by atoms with Crippen molar-refractivity contribution in [3.8, 4) is 0 Å². The van der Waals surface area contributed by atoms with Crippen LogP contribution in [0.2, 0.25) is 0 Å². The molecule has 1 aromatic carbocycles. The van der Waals surface area contributed by atoms with Gasteiger partial charge < -0.3 is 5.32 Å². The molecule has 0 heterocycles. The largest absolute Gasteiger partial charge is 0.316 e. The van der Waals surface area contributed by atoms with E-state index in [0.29, 0.717) is 0 Å². The van der Waals surface area contributed by atoms with E-state index in [9.17, 15) is 12.8 Å². The van der Waals surface area contributed by atoms with Gasteiger partial charge in [0.2, 0.25) is 15.0 Å². The Bertz CT molecular complexity index is 440. The van der Waals surface area contributed by atoms with Crippen LogP contribution in [0.25, 0.3) is 0 Å². The maximum Gasteiger partial charge on any atom is 0.233 e. The average Bonchev–Trinajstić information content (AvgIpc) is 2.27. The number of rotatable bonds is 4. The second kappa shape index (κ2) is 5.04. The van der Waals surface area contributed by atoms with Crippen LogP contribution in [-0.4, -0.2) is 22.0 Å². The highest BCUT2D eigenvalue weighted by Crippen LogP contribution is 2.19. The molecule has 5 heteroatoms. The first kappa shape index (κ1) is 11.9. The third-order valence-electron chi connectivity index (χ3n) is 1.78. The van der Waals surface area contributed by atoms with E-state index in [2.05, 4.69) is 5.32 Å². The summed E-state index contributed by atoms with van der Waals surface area (Å²) in [5.74, 6) is 0. The van der Waals surface area contributed by atoms with Crippen molar-refractivity contribution in [3.05, 3.63) is 41.6 Å². The maximum atomic E-state index is 13.3. The van der Waals surface area contributed by atoms with Crippen molar-refractivity contribution in [2.45, 2.75) is 4.90 Å². The van der Waals surface area contributed by atoms with Gasteiger partial charge in [0.05, 0.1) is 4.90 Å². The van der Waals surface area contributed by atoms with Crippen LogP contribution in [-0.2, 0) is 9.84 Å². The quantitative estimate of drug-likeness (QED) is 0.850. The number of sulfone groups is 1. The Morgan fingerprint density at radius 3 is 2.53 bits per heavy atom. The summed E-state index contributed by atoms with van der Waals surface area (Å²) >= 11 is 0. The van der Waals surface area contributed by atoms with Gasteiger partial charge in [-0.2, -0.15) is 4.39 Å². The van der Waals surface area contributed by atoms with E-state index in [1.54, 1.807) is 25.2 Å². The second-order valence-electron chi connectivity index (χ2n) is 2.88. The molecule has 0 aromatic heterocycles. The first-order valence-electron chi connectivity index (χ1n) is 4.39.